The fourth-order valence-electron chi connectivity index (χ4n) is 3.90. The Hall–Kier alpha value is -0.0800. The van der Waals surface area contributed by atoms with Crippen LogP contribution in [0.25, 0.3) is 0 Å². The van der Waals surface area contributed by atoms with E-state index in [1.165, 1.54) is 83.5 Å². The molecule has 3 atom stereocenters. The van der Waals surface area contributed by atoms with Crippen LogP contribution in [-0.2, 0) is 9.47 Å². The van der Waals surface area contributed by atoms with Crippen molar-refractivity contribution in [3.05, 3.63) is 13.3 Å². The van der Waals surface area contributed by atoms with Crippen LogP contribution in [0.4, 0.5) is 0 Å². The van der Waals surface area contributed by atoms with Gasteiger partial charge in [0.05, 0.1) is 12.2 Å². The van der Waals surface area contributed by atoms with Crippen molar-refractivity contribution < 1.29 is 9.47 Å². The van der Waals surface area contributed by atoms with Gasteiger partial charge in [-0.25, -0.2) is 0 Å². The van der Waals surface area contributed by atoms with E-state index in [1.54, 1.807) is 0 Å². The maximum absolute atomic E-state index is 6.25. The molecule has 2 saturated carbocycles. The first kappa shape index (κ1) is 19.2. The Morgan fingerprint density at radius 1 is 0.783 bits per heavy atom. The molecule has 134 valence electrons. The third kappa shape index (κ3) is 8.54. The Morgan fingerprint density at radius 3 is 2.57 bits per heavy atom. The van der Waals surface area contributed by atoms with Crippen LogP contribution in [0, 0.1) is 19.3 Å². The molecule has 0 amide bonds. The van der Waals surface area contributed by atoms with Crippen LogP contribution in [0.2, 0.25) is 0 Å². The highest BCUT2D eigenvalue weighted by Gasteiger charge is 2.21. The second kappa shape index (κ2) is 12.3. The molecule has 2 rings (SSSR count). The van der Waals surface area contributed by atoms with Crippen molar-refractivity contribution in [1.29, 1.82) is 0 Å². The molecule has 3 unspecified atom stereocenters. The Balaban J connectivity index is 1.56. The Labute approximate surface area is 144 Å². The molecule has 2 fully saturated rings. The zero-order valence-corrected chi connectivity index (χ0v) is 15.1. The highest BCUT2D eigenvalue weighted by Crippen LogP contribution is 2.27. The van der Waals surface area contributed by atoms with Gasteiger partial charge in [0.1, 0.15) is 0 Å². The van der Waals surface area contributed by atoms with Crippen LogP contribution >= 0.6 is 0 Å². The minimum atomic E-state index is 0.507. The van der Waals surface area contributed by atoms with Crippen molar-refractivity contribution in [1.82, 2.24) is 0 Å². The zero-order chi connectivity index (χ0) is 16.2. The van der Waals surface area contributed by atoms with Crippen LogP contribution in [-0.4, -0.2) is 25.4 Å². The highest BCUT2D eigenvalue weighted by molar-refractivity contribution is 4.76. The number of hydrogen-bond acceptors (Lipinski definition) is 2. The maximum atomic E-state index is 6.25. The predicted molar refractivity (Wildman–Crippen MR) is 97.3 cm³/mol. The molecule has 23 heavy (non-hydrogen) atoms. The lowest BCUT2D eigenvalue weighted by Crippen LogP contribution is -2.18. The van der Waals surface area contributed by atoms with Gasteiger partial charge in [-0.15, -0.1) is 0 Å². The Morgan fingerprint density at radius 2 is 1.65 bits per heavy atom. The summed E-state index contributed by atoms with van der Waals surface area (Å²) in [4.78, 5) is 0. The molecule has 2 heteroatoms. The smallest absolute Gasteiger partial charge is 0.0575 e. The summed E-state index contributed by atoms with van der Waals surface area (Å²) < 4.78 is 12.4. The molecule has 0 aromatic carbocycles. The molecule has 0 saturated heterocycles. The van der Waals surface area contributed by atoms with E-state index >= 15 is 0 Å². The fraction of sp³-hybridized carbons (Fsp3) is 0.905. The summed E-state index contributed by atoms with van der Waals surface area (Å²) in [5.41, 5.74) is 0. The topological polar surface area (TPSA) is 18.5 Å². The van der Waals surface area contributed by atoms with Crippen LogP contribution in [0.1, 0.15) is 89.9 Å². The molecule has 2 aliphatic rings. The van der Waals surface area contributed by atoms with Crippen molar-refractivity contribution >= 4 is 0 Å². The van der Waals surface area contributed by atoms with E-state index in [9.17, 15) is 0 Å². The summed E-state index contributed by atoms with van der Waals surface area (Å²) in [5, 5.41) is 0. The second-order valence-corrected chi connectivity index (χ2v) is 7.53. The van der Waals surface area contributed by atoms with E-state index in [4.69, 9.17) is 9.47 Å². The van der Waals surface area contributed by atoms with Crippen molar-refractivity contribution in [2.75, 3.05) is 13.2 Å². The van der Waals surface area contributed by atoms with Crippen molar-refractivity contribution in [2.24, 2.45) is 5.92 Å². The quantitative estimate of drug-likeness (QED) is 0.388. The molecular weight excluding hydrogens is 284 g/mol. The van der Waals surface area contributed by atoms with Crippen LogP contribution in [0.3, 0.4) is 0 Å². The van der Waals surface area contributed by atoms with Gasteiger partial charge in [0, 0.05) is 13.2 Å². The minimum Gasteiger partial charge on any atom is -0.378 e. The van der Waals surface area contributed by atoms with Gasteiger partial charge in [-0.1, -0.05) is 45.4 Å². The average Bonchev–Trinajstić information content (AvgIpc) is 2.95. The number of hydrogen-bond donors (Lipinski definition) is 0. The van der Waals surface area contributed by atoms with Gasteiger partial charge in [0.2, 0.25) is 0 Å². The highest BCUT2D eigenvalue weighted by atomic mass is 16.5. The lowest BCUT2D eigenvalue weighted by Gasteiger charge is -2.20. The molecule has 0 bridgehead atoms. The van der Waals surface area contributed by atoms with Crippen LogP contribution in [0.15, 0.2) is 0 Å². The standard InChI is InChI=1S/C21H38O2/c1-2-3-4-9-17-22-21-14-10-11-19(15-16-21)18-23-20-12-7-5-6-8-13-20/h5,19-21H,1-4,6-18H2. The molecule has 2 radical (unpaired) electrons. The predicted octanol–water partition coefficient (Wildman–Crippen LogP) is 5.90. The van der Waals surface area contributed by atoms with E-state index in [1.807, 2.05) is 0 Å². The van der Waals surface area contributed by atoms with Gasteiger partial charge in [0.15, 0.2) is 0 Å². The molecule has 0 spiro atoms. The first-order valence-electron chi connectivity index (χ1n) is 10.2. The minimum absolute atomic E-state index is 0.507. The second-order valence-electron chi connectivity index (χ2n) is 7.53. The SMILES string of the molecule is [CH2]CCCCCOC1CCCC(COC2CC[CH]CCC2)CC1. The van der Waals surface area contributed by atoms with Gasteiger partial charge < -0.3 is 9.47 Å². The lowest BCUT2D eigenvalue weighted by atomic mass is 10.0. The molecular formula is C21H38O2. The third-order valence-electron chi connectivity index (χ3n) is 5.48. The van der Waals surface area contributed by atoms with E-state index in [2.05, 4.69) is 13.3 Å². The van der Waals surface area contributed by atoms with Gasteiger partial charge in [-0.3, -0.25) is 0 Å². The van der Waals surface area contributed by atoms with Gasteiger partial charge >= 0.3 is 0 Å². The summed E-state index contributed by atoms with van der Waals surface area (Å²) in [6.07, 6.45) is 21.0. The lowest BCUT2D eigenvalue weighted by molar-refractivity contribution is 0.0141. The van der Waals surface area contributed by atoms with Crippen molar-refractivity contribution in [2.45, 2.75) is 102 Å². The van der Waals surface area contributed by atoms with Crippen LogP contribution < -0.4 is 0 Å². The first-order valence-corrected chi connectivity index (χ1v) is 10.2. The molecule has 0 N–H and O–H groups in total. The van der Waals surface area contributed by atoms with Gasteiger partial charge in [-0.05, 0) is 63.7 Å². The Kier molecular flexibility index (Phi) is 10.3. The summed E-state index contributed by atoms with van der Waals surface area (Å²) >= 11 is 0. The monoisotopic (exact) mass is 322 g/mol. The summed E-state index contributed by atoms with van der Waals surface area (Å²) in [6.45, 7) is 5.83. The largest absolute Gasteiger partial charge is 0.378 e. The maximum Gasteiger partial charge on any atom is 0.0575 e. The number of unbranched alkanes of at least 4 members (excludes halogenated alkanes) is 3. The number of ether oxygens (including phenoxy) is 2. The molecule has 2 nitrogen and oxygen atoms in total. The fourth-order valence-corrected chi connectivity index (χ4v) is 3.90. The van der Waals surface area contributed by atoms with Crippen molar-refractivity contribution in [3.8, 4) is 0 Å². The number of rotatable bonds is 9. The van der Waals surface area contributed by atoms with Crippen LogP contribution in [0.5, 0.6) is 0 Å². The van der Waals surface area contributed by atoms with E-state index < -0.39 is 0 Å². The third-order valence-corrected chi connectivity index (χ3v) is 5.48. The molecule has 0 aromatic heterocycles. The van der Waals surface area contributed by atoms with Gasteiger partial charge in [-0.2, -0.15) is 0 Å². The van der Waals surface area contributed by atoms with E-state index in [-0.39, 0.29) is 0 Å². The Bertz CT molecular complexity index is 271. The summed E-state index contributed by atoms with van der Waals surface area (Å²) in [7, 11) is 0. The summed E-state index contributed by atoms with van der Waals surface area (Å²) in [6, 6.07) is 0. The normalized spacial score (nSPS) is 27.5. The van der Waals surface area contributed by atoms with E-state index in [0.717, 1.165) is 25.6 Å². The zero-order valence-electron chi connectivity index (χ0n) is 15.1. The molecule has 2 aliphatic carbocycles. The average molecular weight is 323 g/mol. The molecule has 0 aliphatic heterocycles. The van der Waals surface area contributed by atoms with Crippen molar-refractivity contribution in [3.63, 3.8) is 0 Å². The van der Waals surface area contributed by atoms with Gasteiger partial charge in [0.25, 0.3) is 0 Å². The summed E-state index contributed by atoms with van der Waals surface area (Å²) in [5.74, 6) is 0.766. The molecule has 0 heterocycles. The van der Waals surface area contributed by atoms with E-state index in [0.29, 0.717) is 12.2 Å². The first-order chi connectivity index (χ1) is 11.4. The molecule has 0 aromatic rings.